The van der Waals surface area contributed by atoms with E-state index in [2.05, 4.69) is 0 Å². The fourth-order valence-electron chi connectivity index (χ4n) is 3.05. The minimum atomic E-state index is -0.497. The molecule has 6 nitrogen and oxygen atoms in total. The van der Waals surface area contributed by atoms with E-state index >= 15 is 0 Å². The smallest absolute Gasteiger partial charge is 0.419 e. The number of hydrogen-bond acceptors (Lipinski definition) is 5. The van der Waals surface area contributed by atoms with Crippen LogP contribution in [0.15, 0.2) is 62.2 Å². The lowest BCUT2D eigenvalue weighted by atomic mass is 10.1. The number of rotatable bonds is 5. The van der Waals surface area contributed by atoms with Crippen molar-refractivity contribution in [1.82, 2.24) is 4.57 Å². The molecule has 0 saturated heterocycles. The van der Waals surface area contributed by atoms with Gasteiger partial charge >= 0.3 is 11.7 Å². The summed E-state index contributed by atoms with van der Waals surface area (Å²) < 4.78 is 17.6. The second-order valence-corrected chi connectivity index (χ2v) is 6.03. The molecule has 0 radical (unpaired) electrons. The average Bonchev–Trinajstić information content (AvgIpc) is 3.16. The summed E-state index contributed by atoms with van der Waals surface area (Å²) in [5, 5.41) is 0.899. The van der Waals surface area contributed by atoms with Crippen LogP contribution in [0.25, 0.3) is 22.1 Å². The van der Waals surface area contributed by atoms with Crippen LogP contribution in [0.5, 0.6) is 0 Å². The van der Waals surface area contributed by atoms with Crippen molar-refractivity contribution in [3.05, 3.63) is 70.4 Å². The van der Waals surface area contributed by atoms with Gasteiger partial charge in [0.25, 0.3) is 0 Å². The van der Waals surface area contributed by atoms with Gasteiger partial charge in [0, 0.05) is 17.5 Å². The number of ether oxygens (including phenoxy) is 1. The van der Waals surface area contributed by atoms with Gasteiger partial charge in [-0.05, 0) is 31.5 Å². The molecule has 0 aliphatic heterocycles. The number of carbonyl (C=O) groups is 1. The molecule has 26 heavy (non-hydrogen) atoms. The molecule has 0 aliphatic rings. The SMILES string of the molecule is Cc1c(C(=O)OCCCn2c(=O)oc3ccccc32)oc2ccccc12. The summed E-state index contributed by atoms with van der Waals surface area (Å²) in [5.41, 5.74) is 2.71. The molecule has 0 amide bonds. The molecule has 6 heteroatoms. The maximum absolute atomic E-state index is 12.3. The lowest BCUT2D eigenvalue weighted by Crippen LogP contribution is -2.16. The van der Waals surface area contributed by atoms with Gasteiger partial charge in [0.15, 0.2) is 5.58 Å². The third kappa shape index (κ3) is 2.79. The summed E-state index contributed by atoms with van der Waals surface area (Å²) in [6, 6.07) is 14.7. The number of furan rings is 1. The Labute approximate surface area is 148 Å². The molecule has 0 spiro atoms. The van der Waals surface area contributed by atoms with E-state index < -0.39 is 11.7 Å². The third-order valence-corrected chi connectivity index (χ3v) is 4.36. The number of benzene rings is 2. The largest absolute Gasteiger partial charge is 0.460 e. The fourth-order valence-corrected chi connectivity index (χ4v) is 3.05. The van der Waals surface area contributed by atoms with Crippen molar-refractivity contribution in [2.45, 2.75) is 19.9 Å². The van der Waals surface area contributed by atoms with Crippen molar-refractivity contribution in [3.8, 4) is 0 Å². The monoisotopic (exact) mass is 351 g/mol. The Balaban J connectivity index is 1.41. The number of fused-ring (bicyclic) bond motifs is 2. The first kappa shape index (κ1) is 16.2. The van der Waals surface area contributed by atoms with Gasteiger partial charge in [-0.2, -0.15) is 0 Å². The zero-order chi connectivity index (χ0) is 18.1. The average molecular weight is 351 g/mol. The lowest BCUT2D eigenvalue weighted by Gasteiger charge is -2.04. The standard InChI is InChI=1S/C20H17NO5/c1-13-14-7-2-4-9-16(14)25-18(13)19(22)24-12-6-11-21-15-8-3-5-10-17(15)26-20(21)23/h2-5,7-10H,6,11-12H2,1H3. The van der Waals surface area contributed by atoms with Gasteiger partial charge in [-0.15, -0.1) is 0 Å². The first-order valence-corrected chi connectivity index (χ1v) is 8.39. The maximum atomic E-state index is 12.3. The Morgan fingerprint density at radius 2 is 1.77 bits per heavy atom. The molecule has 0 fully saturated rings. The number of aromatic nitrogens is 1. The summed E-state index contributed by atoms with van der Waals surface area (Å²) in [7, 11) is 0. The highest BCUT2D eigenvalue weighted by Gasteiger charge is 2.18. The zero-order valence-corrected chi connectivity index (χ0v) is 14.2. The number of carbonyl (C=O) groups excluding carboxylic acids is 1. The van der Waals surface area contributed by atoms with Crippen LogP contribution in [0.4, 0.5) is 0 Å². The predicted octanol–water partition coefficient (Wildman–Crippen LogP) is 3.90. The minimum absolute atomic E-state index is 0.182. The predicted molar refractivity (Wildman–Crippen MR) is 96.3 cm³/mol. The second-order valence-electron chi connectivity index (χ2n) is 6.03. The minimum Gasteiger partial charge on any atom is -0.460 e. The number of aryl methyl sites for hydroxylation is 2. The van der Waals surface area contributed by atoms with Crippen LogP contribution in [-0.4, -0.2) is 17.1 Å². The number of oxazole rings is 1. The van der Waals surface area contributed by atoms with Gasteiger partial charge in [0.2, 0.25) is 5.76 Å². The topological polar surface area (TPSA) is 74.6 Å². The molecular formula is C20H17NO5. The molecule has 0 bridgehead atoms. The number of esters is 1. The third-order valence-electron chi connectivity index (χ3n) is 4.36. The Morgan fingerprint density at radius 3 is 2.58 bits per heavy atom. The summed E-state index contributed by atoms with van der Waals surface area (Å²) in [4.78, 5) is 24.2. The highest BCUT2D eigenvalue weighted by atomic mass is 16.5. The highest BCUT2D eigenvalue weighted by molar-refractivity contribution is 5.95. The van der Waals surface area contributed by atoms with Gasteiger partial charge in [0.05, 0.1) is 12.1 Å². The first-order valence-electron chi connectivity index (χ1n) is 8.39. The van der Waals surface area contributed by atoms with Crippen molar-refractivity contribution in [3.63, 3.8) is 0 Å². The first-order chi connectivity index (χ1) is 12.6. The molecule has 2 aromatic heterocycles. The van der Waals surface area contributed by atoms with Crippen molar-refractivity contribution >= 4 is 28.0 Å². The number of para-hydroxylation sites is 3. The zero-order valence-electron chi connectivity index (χ0n) is 14.2. The molecule has 0 saturated carbocycles. The van der Waals surface area contributed by atoms with E-state index in [0.717, 1.165) is 16.5 Å². The maximum Gasteiger partial charge on any atom is 0.419 e. The molecule has 4 aromatic rings. The molecule has 2 heterocycles. The molecule has 0 unspecified atom stereocenters. The summed E-state index contributed by atoms with van der Waals surface area (Å²) in [6.07, 6.45) is 0.494. The van der Waals surface area contributed by atoms with Crippen LogP contribution in [0.1, 0.15) is 22.5 Å². The Bertz CT molecular complexity index is 1150. The molecule has 132 valence electrons. The van der Waals surface area contributed by atoms with Gasteiger partial charge < -0.3 is 13.6 Å². The Morgan fingerprint density at radius 1 is 1.04 bits per heavy atom. The number of nitrogens with zero attached hydrogens (tertiary/aromatic N) is 1. The Kier molecular flexibility index (Phi) is 4.08. The second kappa shape index (κ2) is 6.55. The van der Waals surface area contributed by atoms with Crippen LogP contribution >= 0.6 is 0 Å². The summed E-state index contributed by atoms with van der Waals surface area (Å²) >= 11 is 0. The van der Waals surface area contributed by atoms with E-state index in [1.54, 1.807) is 6.07 Å². The van der Waals surface area contributed by atoms with Gasteiger partial charge in [-0.25, -0.2) is 9.59 Å². The molecule has 0 atom stereocenters. The van der Waals surface area contributed by atoms with Crippen molar-refractivity contribution in [2.24, 2.45) is 0 Å². The van der Waals surface area contributed by atoms with Crippen molar-refractivity contribution < 1.29 is 18.4 Å². The van der Waals surface area contributed by atoms with Gasteiger partial charge in [-0.3, -0.25) is 4.57 Å². The highest BCUT2D eigenvalue weighted by Crippen LogP contribution is 2.25. The quantitative estimate of drug-likeness (QED) is 0.403. The van der Waals surface area contributed by atoms with E-state index in [9.17, 15) is 9.59 Å². The van der Waals surface area contributed by atoms with Crippen LogP contribution < -0.4 is 5.76 Å². The van der Waals surface area contributed by atoms with Crippen molar-refractivity contribution in [1.29, 1.82) is 0 Å². The molecule has 4 rings (SSSR count). The van der Waals surface area contributed by atoms with Crippen LogP contribution in [0.2, 0.25) is 0 Å². The Hall–Kier alpha value is -3.28. The molecular weight excluding hydrogens is 334 g/mol. The van der Waals surface area contributed by atoms with Crippen molar-refractivity contribution in [2.75, 3.05) is 6.61 Å². The number of hydrogen-bond donors (Lipinski definition) is 0. The van der Waals surface area contributed by atoms with E-state index in [1.807, 2.05) is 49.4 Å². The van der Waals surface area contributed by atoms with E-state index in [1.165, 1.54) is 4.57 Å². The molecule has 2 aromatic carbocycles. The summed E-state index contributed by atoms with van der Waals surface area (Å²) in [5.74, 6) is -0.689. The van der Waals surface area contributed by atoms with Crippen LogP contribution in [0.3, 0.4) is 0 Å². The van der Waals surface area contributed by atoms with Gasteiger partial charge in [0.1, 0.15) is 5.58 Å². The summed E-state index contributed by atoms with van der Waals surface area (Å²) in [6.45, 7) is 2.42. The van der Waals surface area contributed by atoms with E-state index in [0.29, 0.717) is 24.1 Å². The van der Waals surface area contributed by atoms with E-state index in [-0.39, 0.29) is 12.4 Å². The van der Waals surface area contributed by atoms with E-state index in [4.69, 9.17) is 13.6 Å². The normalized spacial score (nSPS) is 11.3. The molecule has 0 aliphatic carbocycles. The lowest BCUT2D eigenvalue weighted by molar-refractivity contribution is 0.0461. The molecule has 0 N–H and O–H groups in total. The van der Waals surface area contributed by atoms with Gasteiger partial charge in [-0.1, -0.05) is 30.3 Å². The van der Waals surface area contributed by atoms with Crippen LogP contribution in [0, 0.1) is 6.92 Å². The fraction of sp³-hybridized carbons (Fsp3) is 0.200. The van der Waals surface area contributed by atoms with Crippen LogP contribution in [-0.2, 0) is 11.3 Å².